The van der Waals surface area contributed by atoms with Crippen molar-refractivity contribution < 1.29 is 23.9 Å². The first-order valence-corrected chi connectivity index (χ1v) is 7.59. The molecule has 0 bridgehead atoms. The monoisotopic (exact) mass is 306 g/mol. The summed E-state index contributed by atoms with van der Waals surface area (Å²) in [6, 6.07) is 7.59. The average Bonchev–Trinajstić information content (AvgIpc) is 2.64. The molecule has 2 aliphatic rings. The van der Waals surface area contributed by atoms with Gasteiger partial charge in [0.15, 0.2) is 0 Å². The van der Waals surface area contributed by atoms with Crippen molar-refractivity contribution in [2.75, 3.05) is 19.8 Å². The van der Waals surface area contributed by atoms with E-state index in [1.54, 1.807) is 0 Å². The number of hydrogen-bond donors (Lipinski definition) is 1. The van der Waals surface area contributed by atoms with E-state index in [2.05, 4.69) is 0 Å². The molecule has 0 unspecified atom stereocenters. The second-order valence-corrected chi connectivity index (χ2v) is 7.16. The van der Waals surface area contributed by atoms with E-state index in [1.807, 2.05) is 52.0 Å². The molecule has 0 spiro atoms. The molecule has 0 saturated carbocycles. The van der Waals surface area contributed by atoms with Crippen molar-refractivity contribution in [2.24, 2.45) is 0 Å². The molecule has 2 saturated heterocycles. The van der Waals surface area contributed by atoms with Crippen LogP contribution >= 0.6 is 0 Å². The highest BCUT2D eigenvalue weighted by Crippen LogP contribution is 2.36. The minimum atomic E-state index is -0.843. The zero-order valence-electron chi connectivity index (χ0n) is 13.6. The molecule has 3 rings (SSSR count). The maximum absolute atomic E-state index is 9.92. The van der Waals surface area contributed by atoms with E-state index in [-0.39, 0.29) is 24.9 Å². The van der Waals surface area contributed by atoms with Gasteiger partial charge in [-0.15, -0.1) is 0 Å². The summed E-state index contributed by atoms with van der Waals surface area (Å²) in [4.78, 5) is 0. The number of aliphatic hydroxyl groups is 1. The summed E-state index contributed by atoms with van der Waals surface area (Å²) in [6.45, 7) is 9.04. The Morgan fingerprint density at radius 3 is 2.05 bits per heavy atom. The fourth-order valence-electron chi connectivity index (χ4n) is 2.34. The van der Waals surface area contributed by atoms with Crippen molar-refractivity contribution in [2.45, 2.75) is 44.5 Å². The largest absolute Gasteiger partial charge is 0.494 e. The number of hydrogen-bond acceptors (Lipinski definition) is 5. The lowest BCUT2D eigenvalue weighted by molar-refractivity contribution is -0.192. The molecule has 22 heavy (non-hydrogen) atoms. The Balaban J connectivity index is 1.62. The minimum absolute atomic E-state index is 0.239. The molecule has 0 radical (unpaired) electrons. The molecule has 6 heteroatoms. The van der Waals surface area contributed by atoms with E-state index in [1.165, 1.54) is 0 Å². The second kappa shape index (κ2) is 5.23. The van der Waals surface area contributed by atoms with Crippen LogP contribution in [-0.4, -0.2) is 48.8 Å². The van der Waals surface area contributed by atoms with Gasteiger partial charge in [-0.05, 0) is 45.3 Å². The van der Waals surface area contributed by atoms with Gasteiger partial charge in [0.1, 0.15) is 18.0 Å². The summed E-state index contributed by atoms with van der Waals surface area (Å²) in [6.07, 6.45) is 0. The SMILES string of the molecule is CC1(C)OB(c2ccc(OCC3(O)COC3)cc2)OC1(C)C. The molecule has 1 aromatic carbocycles. The quantitative estimate of drug-likeness (QED) is 0.845. The van der Waals surface area contributed by atoms with Crippen molar-refractivity contribution in [3.63, 3.8) is 0 Å². The molecule has 0 aliphatic carbocycles. The van der Waals surface area contributed by atoms with E-state index in [4.69, 9.17) is 18.8 Å². The molecule has 0 amide bonds. The van der Waals surface area contributed by atoms with Gasteiger partial charge in [0.05, 0.1) is 24.4 Å². The molecular formula is C16H23BO5. The highest BCUT2D eigenvalue weighted by molar-refractivity contribution is 6.62. The lowest BCUT2D eigenvalue weighted by atomic mass is 9.79. The molecular weight excluding hydrogens is 283 g/mol. The van der Waals surface area contributed by atoms with Gasteiger partial charge in [0.25, 0.3) is 0 Å². The molecule has 1 aromatic rings. The van der Waals surface area contributed by atoms with E-state index in [0.29, 0.717) is 19.0 Å². The van der Waals surface area contributed by atoms with Gasteiger partial charge in [-0.25, -0.2) is 0 Å². The zero-order chi connectivity index (χ0) is 16.0. The number of ether oxygens (including phenoxy) is 2. The van der Waals surface area contributed by atoms with Crippen molar-refractivity contribution in [3.8, 4) is 5.75 Å². The lowest BCUT2D eigenvalue weighted by Gasteiger charge is -2.35. The Bertz CT molecular complexity index is 520. The van der Waals surface area contributed by atoms with Gasteiger partial charge in [0.2, 0.25) is 0 Å². The van der Waals surface area contributed by atoms with Crippen molar-refractivity contribution in [1.82, 2.24) is 0 Å². The normalized spacial score (nSPS) is 24.9. The van der Waals surface area contributed by atoms with Crippen LogP contribution in [0.3, 0.4) is 0 Å². The van der Waals surface area contributed by atoms with E-state index in [0.717, 1.165) is 5.46 Å². The van der Waals surface area contributed by atoms with Crippen molar-refractivity contribution in [3.05, 3.63) is 24.3 Å². The Labute approximate surface area is 131 Å². The van der Waals surface area contributed by atoms with Crippen molar-refractivity contribution in [1.29, 1.82) is 0 Å². The summed E-state index contributed by atoms with van der Waals surface area (Å²) in [5.74, 6) is 0.709. The molecule has 5 nitrogen and oxygen atoms in total. The first kappa shape index (κ1) is 15.8. The standard InChI is InChI=1S/C16H23BO5/c1-14(2)15(3,4)22-17(21-14)12-5-7-13(8-6-12)20-11-16(18)9-19-10-16/h5-8,18H,9-11H2,1-4H3. The molecule has 0 atom stereocenters. The molecule has 2 fully saturated rings. The third-order valence-corrected chi connectivity index (χ3v) is 4.65. The molecule has 1 N–H and O–H groups in total. The van der Waals surface area contributed by atoms with E-state index in [9.17, 15) is 5.11 Å². The van der Waals surface area contributed by atoms with Crippen LogP contribution in [0.25, 0.3) is 0 Å². The average molecular weight is 306 g/mol. The predicted octanol–water partition coefficient (Wildman–Crippen LogP) is 1.13. The van der Waals surface area contributed by atoms with Crippen molar-refractivity contribution >= 4 is 12.6 Å². The third kappa shape index (κ3) is 2.88. The Morgan fingerprint density at radius 2 is 1.59 bits per heavy atom. The van der Waals surface area contributed by atoms with Crippen LogP contribution in [0, 0.1) is 0 Å². The lowest BCUT2D eigenvalue weighted by Crippen LogP contribution is -2.53. The molecule has 2 heterocycles. The van der Waals surface area contributed by atoms with Crippen LogP contribution < -0.4 is 10.2 Å². The van der Waals surface area contributed by atoms with Gasteiger partial charge >= 0.3 is 7.12 Å². The van der Waals surface area contributed by atoms with Gasteiger partial charge in [-0.2, -0.15) is 0 Å². The summed E-state index contributed by atoms with van der Waals surface area (Å²) in [5, 5.41) is 9.92. The molecule has 120 valence electrons. The van der Waals surface area contributed by atoms with Gasteiger partial charge in [-0.3, -0.25) is 0 Å². The van der Waals surface area contributed by atoms with Gasteiger partial charge < -0.3 is 23.9 Å². The summed E-state index contributed by atoms with van der Waals surface area (Å²) in [5.41, 5.74) is -0.581. The first-order valence-electron chi connectivity index (χ1n) is 7.59. The van der Waals surface area contributed by atoms with Crippen LogP contribution in [0.4, 0.5) is 0 Å². The first-order chi connectivity index (χ1) is 10.2. The topological polar surface area (TPSA) is 57.2 Å². The summed E-state index contributed by atoms with van der Waals surface area (Å²) >= 11 is 0. The van der Waals surface area contributed by atoms with E-state index < -0.39 is 5.60 Å². The summed E-state index contributed by atoms with van der Waals surface area (Å²) in [7, 11) is -0.372. The summed E-state index contributed by atoms with van der Waals surface area (Å²) < 4.78 is 22.6. The second-order valence-electron chi connectivity index (χ2n) is 7.16. The maximum Gasteiger partial charge on any atom is 0.494 e. The highest BCUT2D eigenvalue weighted by Gasteiger charge is 2.51. The third-order valence-electron chi connectivity index (χ3n) is 4.65. The van der Waals surface area contributed by atoms with Crippen LogP contribution in [0.2, 0.25) is 0 Å². The number of rotatable bonds is 4. The highest BCUT2D eigenvalue weighted by atomic mass is 16.7. The Hall–Kier alpha value is -1.08. The van der Waals surface area contributed by atoms with Crippen LogP contribution in [0.1, 0.15) is 27.7 Å². The van der Waals surface area contributed by atoms with Crippen LogP contribution in [-0.2, 0) is 14.0 Å². The maximum atomic E-state index is 9.92. The molecule has 2 aliphatic heterocycles. The van der Waals surface area contributed by atoms with Crippen LogP contribution in [0.5, 0.6) is 5.75 Å². The Kier molecular flexibility index (Phi) is 3.76. The van der Waals surface area contributed by atoms with E-state index >= 15 is 0 Å². The fourth-order valence-corrected chi connectivity index (χ4v) is 2.34. The fraction of sp³-hybridized carbons (Fsp3) is 0.625. The van der Waals surface area contributed by atoms with Crippen LogP contribution in [0.15, 0.2) is 24.3 Å². The minimum Gasteiger partial charge on any atom is -0.490 e. The molecule has 0 aromatic heterocycles. The predicted molar refractivity (Wildman–Crippen MR) is 83.4 cm³/mol. The smallest absolute Gasteiger partial charge is 0.490 e. The van der Waals surface area contributed by atoms with Gasteiger partial charge in [-0.1, -0.05) is 12.1 Å². The van der Waals surface area contributed by atoms with Gasteiger partial charge in [0, 0.05) is 0 Å². The number of benzene rings is 1. The Morgan fingerprint density at radius 1 is 1.05 bits per heavy atom. The zero-order valence-corrected chi connectivity index (χ0v) is 13.6.